The predicted octanol–water partition coefficient (Wildman–Crippen LogP) is 4.52. The van der Waals surface area contributed by atoms with Crippen LogP contribution in [0.1, 0.15) is 36.6 Å². The molecule has 2 aromatic rings. The van der Waals surface area contributed by atoms with Gasteiger partial charge in [0.15, 0.2) is 0 Å². The summed E-state index contributed by atoms with van der Waals surface area (Å²) in [5.41, 5.74) is 2.45. The fraction of sp³-hybridized carbons (Fsp3) is 0.294. The Balaban J connectivity index is 2.33. The molecule has 2 rings (SSSR count). The summed E-state index contributed by atoms with van der Waals surface area (Å²) in [4.78, 5) is 0. The third-order valence-corrected chi connectivity index (χ3v) is 3.58. The van der Waals surface area contributed by atoms with E-state index in [1.165, 1.54) is 0 Å². The van der Waals surface area contributed by atoms with Crippen molar-refractivity contribution in [2.75, 3.05) is 0 Å². The first-order valence-corrected chi connectivity index (χ1v) is 7.06. The molecule has 0 fully saturated rings. The SMILES string of the molecule is Cc1cccc(C(O)c2cccc(OC(C)C)c2)c1Cl. The van der Waals surface area contributed by atoms with Gasteiger partial charge in [0.2, 0.25) is 0 Å². The molecule has 3 heteroatoms. The molecular formula is C17H19ClO2. The Morgan fingerprint density at radius 2 is 1.80 bits per heavy atom. The van der Waals surface area contributed by atoms with Crippen LogP contribution in [0.4, 0.5) is 0 Å². The third kappa shape index (κ3) is 3.33. The van der Waals surface area contributed by atoms with E-state index in [1.807, 2.05) is 63.2 Å². The van der Waals surface area contributed by atoms with Crippen molar-refractivity contribution in [3.05, 3.63) is 64.2 Å². The van der Waals surface area contributed by atoms with Gasteiger partial charge in [-0.3, -0.25) is 0 Å². The summed E-state index contributed by atoms with van der Waals surface area (Å²) in [6.07, 6.45) is -0.650. The average Bonchev–Trinajstić information content (AvgIpc) is 2.41. The molecule has 1 unspecified atom stereocenters. The summed E-state index contributed by atoms with van der Waals surface area (Å²) in [7, 11) is 0. The van der Waals surface area contributed by atoms with Gasteiger partial charge in [-0.25, -0.2) is 0 Å². The normalized spacial score (nSPS) is 12.5. The Morgan fingerprint density at radius 1 is 1.10 bits per heavy atom. The largest absolute Gasteiger partial charge is 0.491 e. The van der Waals surface area contributed by atoms with Gasteiger partial charge in [-0.05, 0) is 44.0 Å². The topological polar surface area (TPSA) is 29.5 Å². The van der Waals surface area contributed by atoms with Gasteiger partial charge in [0.05, 0.1) is 6.10 Å². The highest BCUT2D eigenvalue weighted by molar-refractivity contribution is 6.32. The number of aryl methyl sites for hydroxylation is 1. The van der Waals surface area contributed by atoms with E-state index in [4.69, 9.17) is 16.3 Å². The first-order valence-electron chi connectivity index (χ1n) is 6.68. The van der Waals surface area contributed by atoms with E-state index >= 15 is 0 Å². The van der Waals surface area contributed by atoms with E-state index < -0.39 is 6.10 Å². The van der Waals surface area contributed by atoms with Crippen LogP contribution in [0.15, 0.2) is 42.5 Å². The van der Waals surface area contributed by atoms with Crippen LogP contribution >= 0.6 is 11.6 Å². The number of aliphatic hydroxyl groups is 1. The molecule has 0 saturated carbocycles. The zero-order valence-electron chi connectivity index (χ0n) is 11.9. The molecule has 2 nitrogen and oxygen atoms in total. The molecule has 0 spiro atoms. The highest BCUT2D eigenvalue weighted by Crippen LogP contribution is 2.31. The Labute approximate surface area is 125 Å². The molecule has 0 aromatic heterocycles. The second kappa shape index (κ2) is 6.29. The lowest BCUT2D eigenvalue weighted by Gasteiger charge is -2.16. The maximum Gasteiger partial charge on any atom is 0.120 e. The number of hydrogen-bond donors (Lipinski definition) is 1. The lowest BCUT2D eigenvalue weighted by molar-refractivity contribution is 0.216. The molecule has 0 aliphatic rings. The van der Waals surface area contributed by atoms with E-state index in [-0.39, 0.29) is 6.10 Å². The highest BCUT2D eigenvalue weighted by Gasteiger charge is 2.15. The van der Waals surface area contributed by atoms with Gasteiger partial charge in [0, 0.05) is 10.6 Å². The molecule has 0 amide bonds. The Kier molecular flexibility index (Phi) is 4.69. The first kappa shape index (κ1) is 14.9. The number of rotatable bonds is 4. The van der Waals surface area contributed by atoms with Gasteiger partial charge in [-0.1, -0.05) is 41.9 Å². The van der Waals surface area contributed by atoms with E-state index in [1.54, 1.807) is 0 Å². The zero-order valence-corrected chi connectivity index (χ0v) is 12.7. The van der Waals surface area contributed by atoms with E-state index in [2.05, 4.69) is 0 Å². The average molecular weight is 291 g/mol. The summed E-state index contributed by atoms with van der Waals surface area (Å²) in [6, 6.07) is 13.1. The summed E-state index contributed by atoms with van der Waals surface area (Å²) in [6.45, 7) is 5.87. The van der Waals surface area contributed by atoms with Crippen molar-refractivity contribution in [3.63, 3.8) is 0 Å². The van der Waals surface area contributed by atoms with Gasteiger partial charge >= 0.3 is 0 Å². The standard InChI is InChI=1S/C17H19ClO2/c1-11(2)20-14-8-5-7-13(10-14)17(19)15-9-4-6-12(3)16(15)18/h4-11,17,19H,1-3H3. The highest BCUT2D eigenvalue weighted by atomic mass is 35.5. The smallest absolute Gasteiger partial charge is 0.120 e. The second-order valence-corrected chi connectivity index (χ2v) is 5.50. The van der Waals surface area contributed by atoms with Gasteiger partial charge < -0.3 is 9.84 Å². The second-order valence-electron chi connectivity index (χ2n) is 5.12. The van der Waals surface area contributed by atoms with Crippen LogP contribution in [0, 0.1) is 6.92 Å². The first-order chi connectivity index (χ1) is 9.49. The molecule has 0 bridgehead atoms. The number of halogens is 1. The maximum absolute atomic E-state index is 10.5. The lowest BCUT2D eigenvalue weighted by Crippen LogP contribution is -2.07. The van der Waals surface area contributed by atoms with Crippen molar-refractivity contribution in [2.24, 2.45) is 0 Å². The number of ether oxygens (including phenoxy) is 1. The minimum atomic E-state index is -0.752. The van der Waals surface area contributed by atoms with E-state index in [9.17, 15) is 5.11 Å². The maximum atomic E-state index is 10.5. The summed E-state index contributed by atoms with van der Waals surface area (Å²) < 4.78 is 5.65. The Bertz CT molecular complexity index is 593. The molecule has 2 aromatic carbocycles. The van der Waals surface area contributed by atoms with Gasteiger partial charge in [0.1, 0.15) is 11.9 Å². The van der Waals surface area contributed by atoms with Crippen LogP contribution in [0.2, 0.25) is 5.02 Å². The van der Waals surface area contributed by atoms with E-state index in [0.717, 1.165) is 16.9 Å². The monoisotopic (exact) mass is 290 g/mol. The third-order valence-electron chi connectivity index (χ3n) is 3.06. The minimum Gasteiger partial charge on any atom is -0.491 e. The number of hydrogen-bond acceptors (Lipinski definition) is 2. The molecule has 0 radical (unpaired) electrons. The molecule has 1 N–H and O–H groups in total. The minimum absolute atomic E-state index is 0.102. The number of aliphatic hydroxyl groups excluding tert-OH is 1. The quantitative estimate of drug-likeness (QED) is 0.897. The molecular weight excluding hydrogens is 272 g/mol. The van der Waals surface area contributed by atoms with Gasteiger partial charge in [-0.15, -0.1) is 0 Å². The van der Waals surface area contributed by atoms with Crippen molar-refractivity contribution >= 4 is 11.6 Å². The van der Waals surface area contributed by atoms with Crippen LogP contribution in [0.5, 0.6) is 5.75 Å². The molecule has 1 atom stereocenters. The number of benzene rings is 2. The molecule has 106 valence electrons. The van der Waals surface area contributed by atoms with Gasteiger partial charge in [0.25, 0.3) is 0 Å². The van der Waals surface area contributed by atoms with Crippen LogP contribution in [0.25, 0.3) is 0 Å². The molecule has 0 heterocycles. The van der Waals surface area contributed by atoms with Crippen molar-refractivity contribution in [1.82, 2.24) is 0 Å². The van der Waals surface area contributed by atoms with Crippen LogP contribution in [0.3, 0.4) is 0 Å². The van der Waals surface area contributed by atoms with Gasteiger partial charge in [-0.2, -0.15) is 0 Å². The molecule has 0 saturated heterocycles. The lowest BCUT2D eigenvalue weighted by atomic mass is 9.99. The van der Waals surface area contributed by atoms with Crippen molar-refractivity contribution < 1.29 is 9.84 Å². The Morgan fingerprint density at radius 3 is 2.50 bits per heavy atom. The molecule has 0 aliphatic carbocycles. The van der Waals surface area contributed by atoms with Crippen LogP contribution in [-0.2, 0) is 0 Å². The fourth-order valence-electron chi connectivity index (χ4n) is 2.09. The summed E-state index contributed by atoms with van der Waals surface area (Å²) >= 11 is 6.27. The zero-order chi connectivity index (χ0) is 14.7. The fourth-order valence-corrected chi connectivity index (χ4v) is 2.32. The van der Waals surface area contributed by atoms with Crippen molar-refractivity contribution in [2.45, 2.75) is 33.0 Å². The summed E-state index contributed by atoms with van der Waals surface area (Å²) in [5.74, 6) is 0.750. The Hall–Kier alpha value is -1.51. The van der Waals surface area contributed by atoms with Crippen molar-refractivity contribution in [3.8, 4) is 5.75 Å². The van der Waals surface area contributed by atoms with Crippen molar-refractivity contribution in [1.29, 1.82) is 0 Å². The van der Waals surface area contributed by atoms with Crippen LogP contribution < -0.4 is 4.74 Å². The molecule has 20 heavy (non-hydrogen) atoms. The van der Waals surface area contributed by atoms with E-state index in [0.29, 0.717) is 10.6 Å². The predicted molar refractivity (Wildman–Crippen MR) is 82.5 cm³/mol. The van der Waals surface area contributed by atoms with Crippen LogP contribution in [-0.4, -0.2) is 11.2 Å². The molecule has 0 aliphatic heterocycles. The summed E-state index contributed by atoms with van der Waals surface area (Å²) in [5, 5.41) is 11.1.